The smallest absolute Gasteiger partial charge is 0.133 e. The maximum absolute atomic E-state index is 11.0. The second kappa shape index (κ2) is 6.08. The lowest BCUT2D eigenvalue weighted by Crippen LogP contribution is -2.10. The van der Waals surface area contributed by atoms with Crippen molar-refractivity contribution in [3.8, 4) is 0 Å². The van der Waals surface area contributed by atoms with E-state index in [9.17, 15) is 4.79 Å². The lowest BCUT2D eigenvalue weighted by atomic mass is 9.97. The van der Waals surface area contributed by atoms with Gasteiger partial charge in [0, 0.05) is 13.0 Å². The first-order valence-electron chi connectivity index (χ1n) is 4.13. The van der Waals surface area contributed by atoms with Crippen molar-refractivity contribution in [3.63, 3.8) is 0 Å². The highest BCUT2D eigenvalue weighted by Gasteiger charge is 2.10. The van der Waals surface area contributed by atoms with E-state index in [1.807, 2.05) is 6.21 Å². The Morgan fingerprint density at radius 2 is 2.27 bits per heavy atom. The minimum absolute atomic E-state index is 0.198. The molecule has 0 radical (unpaired) electrons. The van der Waals surface area contributed by atoms with Gasteiger partial charge in [-0.25, -0.2) is 0 Å². The first-order chi connectivity index (χ1) is 5.22. The molecule has 0 aromatic carbocycles. The summed E-state index contributed by atoms with van der Waals surface area (Å²) in [6.07, 6.45) is 4.69. The molecule has 0 bridgehead atoms. The summed E-state index contributed by atoms with van der Waals surface area (Å²) in [5, 5.41) is 0. The van der Waals surface area contributed by atoms with Gasteiger partial charge in [-0.15, -0.1) is 0 Å². The summed E-state index contributed by atoms with van der Waals surface area (Å²) in [7, 11) is 1.74. The van der Waals surface area contributed by atoms with Crippen LogP contribution in [0.3, 0.4) is 0 Å². The zero-order chi connectivity index (χ0) is 8.69. The van der Waals surface area contributed by atoms with E-state index in [-0.39, 0.29) is 11.7 Å². The molecule has 0 saturated heterocycles. The normalized spacial score (nSPS) is 13.7. The van der Waals surface area contributed by atoms with Gasteiger partial charge in [0.25, 0.3) is 0 Å². The Bertz CT molecular complexity index is 140. The van der Waals surface area contributed by atoms with Crippen LogP contribution in [-0.4, -0.2) is 19.0 Å². The molecule has 2 heteroatoms. The summed E-state index contributed by atoms with van der Waals surface area (Å²) in [5.74, 6) is 0.482. The zero-order valence-corrected chi connectivity index (χ0v) is 7.63. The van der Waals surface area contributed by atoms with Gasteiger partial charge in [0.2, 0.25) is 0 Å². The van der Waals surface area contributed by atoms with Crippen LogP contribution >= 0.6 is 0 Å². The quantitative estimate of drug-likeness (QED) is 0.559. The molecule has 11 heavy (non-hydrogen) atoms. The second-order valence-corrected chi connectivity index (χ2v) is 2.77. The number of hydrogen-bond donors (Lipinski definition) is 0. The monoisotopic (exact) mass is 155 g/mol. The van der Waals surface area contributed by atoms with Crippen LogP contribution in [0.4, 0.5) is 0 Å². The van der Waals surface area contributed by atoms with Crippen molar-refractivity contribution in [2.75, 3.05) is 7.05 Å². The standard InChI is InChI=1S/C9H17NO/c1-4-5-9(8(2)11)6-7-10-3/h7,9H,4-6H2,1-3H3. The Labute approximate surface area is 68.7 Å². The van der Waals surface area contributed by atoms with Gasteiger partial charge in [-0.3, -0.25) is 4.79 Å². The molecule has 0 aromatic rings. The van der Waals surface area contributed by atoms with E-state index in [1.54, 1.807) is 14.0 Å². The Kier molecular flexibility index (Phi) is 5.71. The van der Waals surface area contributed by atoms with Crippen molar-refractivity contribution in [2.24, 2.45) is 10.9 Å². The fraction of sp³-hybridized carbons (Fsp3) is 0.778. The predicted molar refractivity (Wildman–Crippen MR) is 48.1 cm³/mol. The number of carbonyl (C=O) groups is 1. The number of hydrogen-bond acceptors (Lipinski definition) is 2. The second-order valence-electron chi connectivity index (χ2n) is 2.77. The molecule has 0 aliphatic heterocycles. The van der Waals surface area contributed by atoms with E-state index in [1.165, 1.54) is 0 Å². The molecular formula is C9H17NO. The summed E-state index contributed by atoms with van der Waals surface area (Å²) in [5.41, 5.74) is 0. The van der Waals surface area contributed by atoms with Crippen molar-refractivity contribution in [1.82, 2.24) is 0 Å². The minimum Gasteiger partial charge on any atom is -0.301 e. The summed E-state index contributed by atoms with van der Waals surface area (Å²) in [4.78, 5) is 14.8. The highest BCUT2D eigenvalue weighted by molar-refractivity contribution is 5.81. The molecule has 0 heterocycles. The maximum atomic E-state index is 11.0. The number of rotatable bonds is 5. The fourth-order valence-corrected chi connectivity index (χ4v) is 1.07. The summed E-state index contributed by atoms with van der Waals surface area (Å²) >= 11 is 0. The Morgan fingerprint density at radius 1 is 1.64 bits per heavy atom. The van der Waals surface area contributed by atoms with Crippen LogP contribution in [0.5, 0.6) is 0 Å². The molecule has 0 rings (SSSR count). The lowest BCUT2D eigenvalue weighted by molar-refractivity contribution is -0.120. The van der Waals surface area contributed by atoms with Crippen LogP contribution < -0.4 is 0 Å². The van der Waals surface area contributed by atoms with Gasteiger partial charge in [0.15, 0.2) is 0 Å². The van der Waals surface area contributed by atoms with E-state index in [0.717, 1.165) is 19.3 Å². The van der Waals surface area contributed by atoms with Crippen LogP contribution in [0, 0.1) is 5.92 Å². The number of nitrogens with zero attached hydrogens (tertiary/aromatic N) is 1. The zero-order valence-electron chi connectivity index (χ0n) is 7.63. The lowest BCUT2D eigenvalue weighted by Gasteiger charge is -2.07. The molecule has 0 spiro atoms. The van der Waals surface area contributed by atoms with Crippen LogP contribution in [0.2, 0.25) is 0 Å². The van der Waals surface area contributed by atoms with Gasteiger partial charge in [-0.2, -0.15) is 0 Å². The minimum atomic E-state index is 0.198. The van der Waals surface area contributed by atoms with Gasteiger partial charge in [0.05, 0.1) is 0 Å². The largest absolute Gasteiger partial charge is 0.301 e. The molecule has 1 unspecified atom stereocenters. The highest BCUT2D eigenvalue weighted by Crippen LogP contribution is 2.10. The van der Waals surface area contributed by atoms with Gasteiger partial charge >= 0.3 is 0 Å². The predicted octanol–water partition coefficient (Wildman–Crippen LogP) is 2.08. The van der Waals surface area contributed by atoms with Gasteiger partial charge in [-0.1, -0.05) is 13.3 Å². The molecule has 0 aromatic heterocycles. The summed E-state index contributed by atoms with van der Waals surface area (Å²) in [6, 6.07) is 0. The van der Waals surface area contributed by atoms with E-state index < -0.39 is 0 Å². The Hall–Kier alpha value is -0.660. The molecule has 0 aliphatic carbocycles. The average Bonchev–Trinajstić information content (AvgIpc) is 1.97. The van der Waals surface area contributed by atoms with E-state index >= 15 is 0 Å². The third-order valence-corrected chi connectivity index (χ3v) is 1.78. The van der Waals surface area contributed by atoms with E-state index in [0.29, 0.717) is 0 Å². The molecule has 0 fully saturated rings. The SMILES string of the molecule is CCCC(CC=NC)C(C)=O. The molecule has 64 valence electrons. The van der Waals surface area contributed by atoms with Crippen LogP contribution in [-0.2, 0) is 4.79 Å². The van der Waals surface area contributed by atoms with Crippen molar-refractivity contribution in [1.29, 1.82) is 0 Å². The van der Waals surface area contributed by atoms with Crippen molar-refractivity contribution < 1.29 is 4.79 Å². The summed E-state index contributed by atoms with van der Waals surface area (Å²) < 4.78 is 0. The molecule has 2 nitrogen and oxygen atoms in total. The van der Waals surface area contributed by atoms with E-state index in [2.05, 4.69) is 11.9 Å². The molecule has 0 amide bonds. The highest BCUT2D eigenvalue weighted by atomic mass is 16.1. The van der Waals surface area contributed by atoms with Crippen LogP contribution in [0.1, 0.15) is 33.1 Å². The first-order valence-corrected chi connectivity index (χ1v) is 4.13. The number of Topliss-reactive ketones (excluding diaryl/α,β-unsaturated/α-hetero) is 1. The molecule has 0 aliphatic rings. The Morgan fingerprint density at radius 3 is 2.64 bits per heavy atom. The number of ketones is 1. The molecule has 0 N–H and O–H groups in total. The molecule has 1 atom stereocenters. The molecular weight excluding hydrogens is 138 g/mol. The third-order valence-electron chi connectivity index (χ3n) is 1.78. The third kappa shape index (κ3) is 4.71. The Balaban J connectivity index is 3.79. The first kappa shape index (κ1) is 10.3. The van der Waals surface area contributed by atoms with Crippen molar-refractivity contribution >= 4 is 12.0 Å². The van der Waals surface area contributed by atoms with E-state index in [4.69, 9.17) is 0 Å². The van der Waals surface area contributed by atoms with Crippen molar-refractivity contribution in [3.05, 3.63) is 0 Å². The topological polar surface area (TPSA) is 29.4 Å². The van der Waals surface area contributed by atoms with Crippen LogP contribution in [0.15, 0.2) is 4.99 Å². The summed E-state index contributed by atoms with van der Waals surface area (Å²) in [6.45, 7) is 3.75. The van der Waals surface area contributed by atoms with Crippen molar-refractivity contribution in [2.45, 2.75) is 33.1 Å². The van der Waals surface area contributed by atoms with Gasteiger partial charge in [-0.05, 0) is 26.0 Å². The molecule has 0 saturated carbocycles. The van der Waals surface area contributed by atoms with Gasteiger partial charge in [0.1, 0.15) is 5.78 Å². The number of aliphatic imine (C=N–C) groups is 1. The van der Waals surface area contributed by atoms with Gasteiger partial charge < -0.3 is 4.99 Å². The maximum Gasteiger partial charge on any atom is 0.133 e. The number of carbonyl (C=O) groups excluding carboxylic acids is 1. The fourth-order valence-electron chi connectivity index (χ4n) is 1.07. The average molecular weight is 155 g/mol. The van der Waals surface area contributed by atoms with Crippen LogP contribution in [0.25, 0.3) is 0 Å².